The number of nitrogens with zero attached hydrogens (tertiary/aromatic N) is 2. The molecule has 0 radical (unpaired) electrons. The molecule has 3 aromatic rings. The van der Waals surface area contributed by atoms with Gasteiger partial charge in [0.25, 0.3) is 5.91 Å². The van der Waals surface area contributed by atoms with E-state index in [-0.39, 0.29) is 5.91 Å². The maximum Gasteiger partial charge on any atom is 0.270 e. The molecular formula is C20H19ClN4O. The number of amides is 1. The average molecular weight is 367 g/mol. The molecule has 2 aromatic carbocycles. The number of anilines is 1. The second kappa shape index (κ2) is 8.45. The molecule has 5 nitrogen and oxygen atoms in total. The smallest absolute Gasteiger partial charge is 0.270 e. The highest BCUT2D eigenvalue weighted by Gasteiger charge is 2.08. The first-order chi connectivity index (χ1) is 12.6. The number of halogens is 1. The van der Waals surface area contributed by atoms with Crippen molar-refractivity contribution in [3.8, 4) is 0 Å². The Balaban J connectivity index is 1.59. The summed E-state index contributed by atoms with van der Waals surface area (Å²) >= 11 is 5.86. The van der Waals surface area contributed by atoms with Gasteiger partial charge in [-0.3, -0.25) is 4.79 Å². The van der Waals surface area contributed by atoms with Crippen LogP contribution in [0.2, 0.25) is 5.02 Å². The van der Waals surface area contributed by atoms with E-state index in [4.69, 9.17) is 11.6 Å². The lowest BCUT2D eigenvalue weighted by Crippen LogP contribution is -2.24. The van der Waals surface area contributed by atoms with E-state index < -0.39 is 0 Å². The minimum atomic E-state index is -0.249. The van der Waals surface area contributed by atoms with E-state index >= 15 is 0 Å². The molecule has 0 spiro atoms. The van der Waals surface area contributed by atoms with E-state index in [0.29, 0.717) is 29.6 Å². The number of hydrogen-bond acceptors (Lipinski definition) is 4. The van der Waals surface area contributed by atoms with Gasteiger partial charge in [-0.2, -0.15) is 0 Å². The molecule has 1 amide bonds. The summed E-state index contributed by atoms with van der Waals surface area (Å²) in [7, 11) is 0. The first kappa shape index (κ1) is 17.9. The van der Waals surface area contributed by atoms with Gasteiger partial charge in [0.1, 0.15) is 17.8 Å². The number of hydrogen-bond donors (Lipinski definition) is 2. The van der Waals surface area contributed by atoms with Gasteiger partial charge in [0, 0.05) is 24.2 Å². The van der Waals surface area contributed by atoms with Crippen LogP contribution in [0.25, 0.3) is 0 Å². The molecule has 1 aromatic heterocycles. The Labute approximate surface area is 157 Å². The van der Waals surface area contributed by atoms with Gasteiger partial charge >= 0.3 is 0 Å². The van der Waals surface area contributed by atoms with Gasteiger partial charge in [0.2, 0.25) is 0 Å². The number of carbonyl (C=O) groups is 1. The number of carbonyl (C=O) groups excluding carboxylic acids is 1. The van der Waals surface area contributed by atoms with Crippen molar-refractivity contribution >= 4 is 23.3 Å². The fourth-order valence-electron chi connectivity index (χ4n) is 2.47. The van der Waals surface area contributed by atoms with Crippen molar-refractivity contribution in [3.63, 3.8) is 0 Å². The van der Waals surface area contributed by atoms with Crippen LogP contribution >= 0.6 is 11.6 Å². The third-order valence-corrected chi connectivity index (χ3v) is 4.07. The first-order valence-electron chi connectivity index (χ1n) is 8.24. The largest absolute Gasteiger partial charge is 0.366 e. The number of benzene rings is 2. The average Bonchev–Trinajstić information content (AvgIpc) is 2.66. The van der Waals surface area contributed by atoms with Crippen molar-refractivity contribution < 1.29 is 4.79 Å². The second-order valence-corrected chi connectivity index (χ2v) is 6.38. The molecule has 132 valence electrons. The summed E-state index contributed by atoms with van der Waals surface area (Å²) in [4.78, 5) is 20.5. The maximum atomic E-state index is 12.3. The predicted octanol–water partition coefficient (Wildman–Crippen LogP) is 3.98. The van der Waals surface area contributed by atoms with Crippen molar-refractivity contribution in [1.82, 2.24) is 15.3 Å². The molecule has 26 heavy (non-hydrogen) atoms. The molecule has 0 fully saturated rings. The fourth-order valence-corrected chi connectivity index (χ4v) is 2.59. The van der Waals surface area contributed by atoms with E-state index in [9.17, 15) is 4.79 Å². The normalized spacial score (nSPS) is 10.4. The summed E-state index contributed by atoms with van der Waals surface area (Å²) in [6.07, 6.45) is 1.38. The molecule has 2 N–H and O–H groups in total. The lowest BCUT2D eigenvalue weighted by atomic mass is 10.1. The predicted molar refractivity (Wildman–Crippen MR) is 103 cm³/mol. The SMILES string of the molecule is Cc1cccc(CNc2cc(C(=O)NCc3ccc(Cl)cc3)ncn2)c1. The topological polar surface area (TPSA) is 66.9 Å². The van der Waals surface area contributed by atoms with Crippen LogP contribution in [-0.2, 0) is 13.1 Å². The van der Waals surface area contributed by atoms with Gasteiger partial charge < -0.3 is 10.6 Å². The Kier molecular flexibility index (Phi) is 5.81. The molecule has 0 atom stereocenters. The Morgan fingerprint density at radius 3 is 2.58 bits per heavy atom. The maximum absolute atomic E-state index is 12.3. The molecule has 0 aliphatic carbocycles. The number of nitrogens with one attached hydrogen (secondary N) is 2. The zero-order valence-electron chi connectivity index (χ0n) is 14.4. The summed E-state index contributed by atoms with van der Waals surface area (Å²) in [6.45, 7) is 3.09. The summed E-state index contributed by atoms with van der Waals surface area (Å²) < 4.78 is 0. The molecule has 0 unspecified atom stereocenters. The van der Waals surface area contributed by atoms with Crippen LogP contribution in [0.1, 0.15) is 27.2 Å². The van der Waals surface area contributed by atoms with Crippen LogP contribution in [0.15, 0.2) is 60.9 Å². The van der Waals surface area contributed by atoms with Crippen molar-refractivity contribution in [1.29, 1.82) is 0 Å². The molecule has 3 rings (SSSR count). The standard InChI is InChI=1S/C20H19ClN4O/c1-14-3-2-4-16(9-14)12-22-19-10-18(24-13-25-19)20(26)23-11-15-5-7-17(21)8-6-15/h2-10,13H,11-12H2,1H3,(H,23,26)(H,22,24,25). The van der Waals surface area contributed by atoms with Crippen LogP contribution in [0, 0.1) is 6.92 Å². The van der Waals surface area contributed by atoms with Gasteiger partial charge in [-0.05, 0) is 30.2 Å². The summed E-state index contributed by atoms with van der Waals surface area (Å²) in [6, 6.07) is 17.2. The highest BCUT2D eigenvalue weighted by atomic mass is 35.5. The van der Waals surface area contributed by atoms with Crippen molar-refractivity contribution in [2.45, 2.75) is 20.0 Å². The van der Waals surface area contributed by atoms with Gasteiger partial charge in [-0.1, -0.05) is 53.6 Å². The van der Waals surface area contributed by atoms with Crippen molar-refractivity contribution in [2.24, 2.45) is 0 Å². The van der Waals surface area contributed by atoms with Crippen molar-refractivity contribution in [3.05, 3.63) is 88.3 Å². The van der Waals surface area contributed by atoms with Crippen molar-refractivity contribution in [2.75, 3.05) is 5.32 Å². The zero-order chi connectivity index (χ0) is 18.4. The number of rotatable bonds is 6. The van der Waals surface area contributed by atoms with Crippen LogP contribution in [0.4, 0.5) is 5.82 Å². The third-order valence-electron chi connectivity index (χ3n) is 3.82. The fraction of sp³-hybridized carbons (Fsp3) is 0.150. The Bertz CT molecular complexity index is 896. The molecule has 1 heterocycles. The minimum absolute atomic E-state index is 0.249. The quantitative estimate of drug-likeness (QED) is 0.692. The van der Waals surface area contributed by atoms with E-state index in [1.807, 2.05) is 24.3 Å². The molecule has 0 saturated carbocycles. The van der Waals surface area contributed by atoms with Gasteiger partial charge in [0.15, 0.2) is 0 Å². The van der Waals surface area contributed by atoms with E-state index in [1.54, 1.807) is 18.2 Å². The summed E-state index contributed by atoms with van der Waals surface area (Å²) in [5.41, 5.74) is 3.64. The Hall–Kier alpha value is -2.92. The molecule has 0 saturated heterocycles. The number of aryl methyl sites for hydroxylation is 1. The van der Waals surface area contributed by atoms with E-state index in [2.05, 4.69) is 39.7 Å². The van der Waals surface area contributed by atoms with Crippen LogP contribution in [-0.4, -0.2) is 15.9 Å². The lowest BCUT2D eigenvalue weighted by Gasteiger charge is -2.08. The first-order valence-corrected chi connectivity index (χ1v) is 8.62. The highest BCUT2D eigenvalue weighted by molar-refractivity contribution is 6.30. The number of aromatic nitrogens is 2. The van der Waals surface area contributed by atoms with Gasteiger partial charge in [-0.25, -0.2) is 9.97 Å². The Morgan fingerprint density at radius 2 is 1.81 bits per heavy atom. The zero-order valence-corrected chi connectivity index (χ0v) is 15.1. The van der Waals surface area contributed by atoms with Gasteiger partial charge in [0.05, 0.1) is 0 Å². The second-order valence-electron chi connectivity index (χ2n) is 5.94. The molecule has 6 heteroatoms. The van der Waals surface area contributed by atoms with E-state index in [1.165, 1.54) is 11.9 Å². The summed E-state index contributed by atoms with van der Waals surface area (Å²) in [5.74, 6) is 0.360. The highest BCUT2D eigenvalue weighted by Crippen LogP contribution is 2.11. The summed E-state index contributed by atoms with van der Waals surface area (Å²) in [5, 5.41) is 6.73. The lowest BCUT2D eigenvalue weighted by molar-refractivity contribution is 0.0946. The molecular weight excluding hydrogens is 348 g/mol. The molecule has 0 aliphatic rings. The monoisotopic (exact) mass is 366 g/mol. The molecule has 0 aliphatic heterocycles. The van der Waals surface area contributed by atoms with Gasteiger partial charge in [-0.15, -0.1) is 0 Å². The van der Waals surface area contributed by atoms with Crippen LogP contribution in [0.5, 0.6) is 0 Å². The van der Waals surface area contributed by atoms with E-state index in [0.717, 1.165) is 11.1 Å². The minimum Gasteiger partial charge on any atom is -0.366 e. The van der Waals surface area contributed by atoms with Crippen LogP contribution < -0.4 is 10.6 Å². The molecule has 0 bridgehead atoms. The Morgan fingerprint density at radius 1 is 1.00 bits per heavy atom. The van der Waals surface area contributed by atoms with Crippen LogP contribution in [0.3, 0.4) is 0 Å². The third kappa shape index (κ3) is 5.04.